The smallest absolute Gasteiger partial charge is 0.416 e. The summed E-state index contributed by atoms with van der Waals surface area (Å²) in [6, 6.07) is 0.431. The van der Waals surface area contributed by atoms with Crippen molar-refractivity contribution in [2.24, 2.45) is 5.92 Å². The number of cyclic esters (lactones) is 1. The zero-order valence-corrected chi connectivity index (χ0v) is 22.2. The standard InChI is InChI=1S/C28H30F6N2O4/c1-15-25(18-10-19(27(29,30)31)12-20(11-18)28(32,33)34)40-26(38)36(15)14-17-6-4-5-7-22(17)23-13-21(35-16(2)37)8-9-24(23)39-3/h8-12,15,23,25H,4-7,13-14H2,1-3H3,(H,35,37)/t15-,23?,25-/m0/s1. The van der Waals surface area contributed by atoms with Gasteiger partial charge in [-0.2, -0.15) is 26.3 Å². The van der Waals surface area contributed by atoms with E-state index in [0.29, 0.717) is 30.7 Å². The molecule has 0 bridgehead atoms. The Labute approximate surface area is 227 Å². The number of nitrogens with one attached hydrogen (secondary N) is 1. The highest BCUT2D eigenvalue weighted by Crippen LogP contribution is 2.43. The Balaban J connectivity index is 1.64. The van der Waals surface area contributed by atoms with Gasteiger partial charge in [0, 0.05) is 31.5 Å². The third kappa shape index (κ3) is 6.31. The molecule has 0 spiro atoms. The minimum Gasteiger partial charge on any atom is -0.500 e. The molecule has 3 atom stereocenters. The van der Waals surface area contributed by atoms with Crippen molar-refractivity contribution in [1.29, 1.82) is 0 Å². The van der Waals surface area contributed by atoms with Crippen LogP contribution in [-0.4, -0.2) is 36.6 Å². The molecule has 1 aliphatic heterocycles. The van der Waals surface area contributed by atoms with Gasteiger partial charge in [-0.1, -0.05) is 11.1 Å². The maximum atomic E-state index is 13.4. The number of alkyl halides is 6. The third-order valence-electron chi connectivity index (χ3n) is 7.53. The average molecular weight is 573 g/mol. The second-order valence-corrected chi connectivity index (χ2v) is 10.3. The lowest BCUT2D eigenvalue weighted by Gasteiger charge is -2.33. The van der Waals surface area contributed by atoms with Gasteiger partial charge in [0.2, 0.25) is 5.91 Å². The maximum Gasteiger partial charge on any atom is 0.416 e. The Morgan fingerprint density at radius 1 is 1.05 bits per heavy atom. The monoisotopic (exact) mass is 572 g/mol. The van der Waals surface area contributed by atoms with E-state index in [1.54, 1.807) is 26.2 Å². The molecule has 1 unspecified atom stereocenters. The zero-order valence-electron chi connectivity index (χ0n) is 22.2. The quantitative estimate of drug-likeness (QED) is 0.293. The van der Waals surface area contributed by atoms with Gasteiger partial charge in [-0.3, -0.25) is 9.69 Å². The summed E-state index contributed by atoms with van der Waals surface area (Å²) in [6.07, 6.45) is -4.99. The van der Waals surface area contributed by atoms with E-state index in [-0.39, 0.29) is 30.0 Å². The molecule has 0 saturated carbocycles. The SMILES string of the molecule is COC1=CC=C(NC(C)=O)CC1C1=C(CN2C(=O)O[C@H](c3cc(C(F)(F)F)cc(C(F)(F)F)c3)[C@@H]2C)CCCC1. The van der Waals surface area contributed by atoms with Crippen molar-refractivity contribution in [2.75, 3.05) is 13.7 Å². The van der Waals surface area contributed by atoms with Crippen molar-refractivity contribution < 1.29 is 45.4 Å². The van der Waals surface area contributed by atoms with Gasteiger partial charge in [0.15, 0.2) is 0 Å². The largest absolute Gasteiger partial charge is 0.500 e. The van der Waals surface area contributed by atoms with Crippen LogP contribution in [0.25, 0.3) is 0 Å². The van der Waals surface area contributed by atoms with Crippen molar-refractivity contribution in [3.05, 3.63) is 69.6 Å². The molecule has 1 N–H and O–H groups in total. The van der Waals surface area contributed by atoms with Gasteiger partial charge < -0.3 is 14.8 Å². The van der Waals surface area contributed by atoms with Crippen LogP contribution in [0.2, 0.25) is 0 Å². The van der Waals surface area contributed by atoms with E-state index in [4.69, 9.17) is 9.47 Å². The zero-order chi connectivity index (χ0) is 29.4. The molecule has 6 nitrogen and oxygen atoms in total. The Bertz CT molecular complexity index is 1230. The molecule has 218 valence electrons. The summed E-state index contributed by atoms with van der Waals surface area (Å²) in [5.74, 6) is 0.303. The molecular formula is C28H30F6N2O4. The van der Waals surface area contributed by atoms with E-state index in [1.807, 2.05) is 0 Å². The van der Waals surface area contributed by atoms with Crippen molar-refractivity contribution in [3.63, 3.8) is 0 Å². The summed E-state index contributed by atoms with van der Waals surface area (Å²) in [6.45, 7) is 3.07. The molecule has 1 aromatic rings. The average Bonchev–Trinajstić information content (AvgIpc) is 3.16. The van der Waals surface area contributed by atoms with Crippen LogP contribution < -0.4 is 5.32 Å². The van der Waals surface area contributed by atoms with Gasteiger partial charge in [0.25, 0.3) is 0 Å². The molecule has 40 heavy (non-hydrogen) atoms. The summed E-state index contributed by atoms with van der Waals surface area (Å²) in [4.78, 5) is 25.9. The first kappa shape index (κ1) is 29.5. The predicted octanol–water partition coefficient (Wildman–Crippen LogP) is 7.05. The highest BCUT2D eigenvalue weighted by molar-refractivity contribution is 5.75. The fourth-order valence-electron chi connectivity index (χ4n) is 5.61. The van der Waals surface area contributed by atoms with Crippen molar-refractivity contribution in [1.82, 2.24) is 10.2 Å². The lowest BCUT2D eigenvalue weighted by atomic mass is 9.79. The van der Waals surface area contributed by atoms with Crippen LogP contribution in [0, 0.1) is 5.92 Å². The number of carbonyl (C=O) groups is 2. The number of hydrogen-bond donors (Lipinski definition) is 1. The third-order valence-corrected chi connectivity index (χ3v) is 7.53. The summed E-state index contributed by atoms with van der Waals surface area (Å²) in [7, 11) is 1.55. The fourth-order valence-corrected chi connectivity index (χ4v) is 5.61. The maximum absolute atomic E-state index is 13.4. The second-order valence-electron chi connectivity index (χ2n) is 10.3. The molecule has 2 aliphatic carbocycles. The van der Waals surface area contributed by atoms with Crippen LogP contribution in [0.3, 0.4) is 0 Å². The summed E-state index contributed by atoms with van der Waals surface area (Å²) >= 11 is 0. The highest BCUT2D eigenvalue weighted by atomic mass is 19.4. The number of amides is 2. The Morgan fingerprint density at radius 3 is 2.25 bits per heavy atom. The number of allylic oxidation sites excluding steroid dienone is 4. The van der Waals surface area contributed by atoms with Crippen molar-refractivity contribution in [3.8, 4) is 0 Å². The van der Waals surface area contributed by atoms with E-state index in [1.165, 1.54) is 11.8 Å². The number of methoxy groups -OCH3 is 1. The summed E-state index contributed by atoms with van der Waals surface area (Å²) in [5.41, 5.74) is -0.601. The Morgan fingerprint density at radius 2 is 1.68 bits per heavy atom. The highest BCUT2D eigenvalue weighted by Gasteiger charge is 2.44. The number of carbonyl (C=O) groups excluding carboxylic acids is 2. The minimum atomic E-state index is -5.01. The molecule has 2 amide bonds. The number of ether oxygens (including phenoxy) is 2. The van der Waals surface area contributed by atoms with Crippen LogP contribution in [0.5, 0.6) is 0 Å². The lowest BCUT2D eigenvalue weighted by molar-refractivity contribution is -0.143. The molecule has 12 heteroatoms. The van der Waals surface area contributed by atoms with Gasteiger partial charge in [0.1, 0.15) is 11.9 Å². The number of benzene rings is 1. The van der Waals surface area contributed by atoms with Gasteiger partial charge in [-0.25, -0.2) is 4.79 Å². The molecule has 4 rings (SSSR count). The Hall–Kier alpha value is -3.44. The van der Waals surface area contributed by atoms with Gasteiger partial charge in [0.05, 0.1) is 24.3 Å². The first-order valence-electron chi connectivity index (χ1n) is 12.9. The van der Waals surface area contributed by atoms with E-state index < -0.39 is 41.7 Å². The molecular weight excluding hydrogens is 542 g/mol. The molecule has 1 heterocycles. The van der Waals surface area contributed by atoms with Gasteiger partial charge in [-0.05, 0) is 68.5 Å². The van der Waals surface area contributed by atoms with Crippen LogP contribution in [-0.2, 0) is 26.6 Å². The van der Waals surface area contributed by atoms with Gasteiger partial charge >= 0.3 is 18.4 Å². The molecule has 3 aliphatic rings. The van der Waals surface area contributed by atoms with Crippen molar-refractivity contribution >= 4 is 12.0 Å². The Kier molecular flexibility index (Phi) is 8.28. The number of hydrogen-bond acceptors (Lipinski definition) is 4. The first-order valence-corrected chi connectivity index (χ1v) is 12.9. The minimum absolute atomic E-state index is 0.0522. The van der Waals surface area contributed by atoms with Crippen LogP contribution in [0.1, 0.15) is 68.7 Å². The molecule has 1 saturated heterocycles. The van der Waals surface area contributed by atoms with Crippen LogP contribution in [0.4, 0.5) is 31.1 Å². The molecule has 1 fully saturated rings. The fraction of sp³-hybridized carbons (Fsp3) is 0.500. The lowest BCUT2D eigenvalue weighted by Crippen LogP contribution is -2.35. The molecule has 1 aromatic carbocycles. The predicted molar refractivity (Wildman–Crippen MR) is 132 cm³/mol. The van der Waals surface area contributed by atoms with Crippen LogP contribution >= 0.6 is 0 Å². The van der Waals surface area contributed by atoms with Gasteiger partial charge in [-0.15, -0.1) is 0 Å². The van der Waals surface area contributed by atoms with E-state index >= 15 is 0 Å². The number of nitrogens with zero attached hydrogens (tertiary/aromatic N) is 1. The topological polar surface area (TPSA) is 67.9 Å². The summed E-state index contributed by atoms with van der Waals surface area (Å²) in [5, 5.41) is 2.81. The molecule has 0 aromatic heterocycles. The first-order chi connectivity index (χ1) is 18.7. The second kappa shape index (κ2) is 11.2. The number of halogens is 6. The molecule has 0 radical (unpaired) electrons. The summed E-state index contributed by atoms with van der Waals surface area (Å²) < 4.78 is 91.5. The van der Waals surface area contributed by atoms with E-state index in [0.717, 1.165) is 36.1 Å². The van der Waals surface area contributed by atoms with E-state index in [2.05, 4.69) is 5.32 Å². The van der Waals surface area contributed by atoms with Crippen molar-refractivity contribution in [2.45, 2.75) is 70.4 Å². The van der Waals surface area contributed by atoms with E-state index in [9.17, 15) is 35.9 Å². The normalized spacial score (nSPS) is 24.0. The van der Waals surface area contributed by atoms with Crippen LogP contribution in [0.15, 0.2) is 53.0 Å². The number of rotatable bonds is 6.